The van der Waals surface area contributed by atoms with Gasteiger partial charge in [0.1, 0.15) is 0 Å². The largest absolute Gasteiger partial charge is 0.383 e. The van der Waals surface area contributed by atoms with E-state index in [4.69, 9.17) is 4.74 Å². The van der Waals surface area contributed by atoms with Gasteiger partial charge in [0.05, 0.1) is 13.2 Å². The topological polar surface area (TPSA) is 12.5 Å². The minimum absolute atomic E-state index is 0.00856. The Morgan fingerprint density at radius 3 is 2.75 bits per heavy atom. The highest BCUT2D eigenvalue weighted by atomic mass is 19.3. The number of hydrogen-bond donors (Lipinski definition) is 0. The second-order valence-corrected chi connectivity index (χ2v) is 3.42. The lowest BCUT2D eigenvalue weighted by Gasteiger charge is -2.36. The average molecular weight is 179 g/mol. The fourth-order valence-electron chi connectivity index (χ4n) is 1.57. The van der Waals surface area contributed by atoms with E-state index in [9.17, 15) is 8.78 Å². The monoisotopic (exact) mass is 179 g/mol. The standard InChI is InChI=1S/C8H15F2NO/c1-11-6-8(9,10)4-3-7(11)5-12-2/h7H,3-6H2,1-2H3. The van der Waals surface area contributed by atoms with E-state index >= 15 is 0 Å². The predicted molar refractivity (Wildman–Crippen MR) is 42.5 cm³/mol. The average Bonchev–Trinajstić information content (AvgIpc) is 1.94. The summed E-state index contributed by atoms with van der Waals surface area (Å²) in [7, 11) is 3.32. The van der Waals surface area contributed by atoms with Crippen molar-refractivity contribution < 1.29 is 13.5 Å². The van der Waals surface area contributed by atoms with E-state index in [1.54, 1.807) is 19.1 Å². The number of halogens is 2. The Labute approximate surface area is 71.5 Å². The fraction of sp³-hybridized carbons (Fsp3) is 1.00. The zero-order chi connectivity index (χ0) is 9.19. The first-order chi connectivity index (χ1) is 5.55. The van der Waals surface area contributed by atoms with Gasteiger partial charge >= 0.3 is 0 Å². The number of rotatable bonds is 2. The highest BCUT2D eigenvalue weighted by Crippen LogP contribution is 2.28. The molecule has 0 aromatic heterocycles. The zero-order valence-corrected chi connectivity index (χ0v) is 7.52. The Bertz CT molecular complexity index is 152. The van der Waals surface area contributed by atoms with Crippen LogP contribution in [-0.2, 0) is 4.74 Å². The summed E-state index contributed by atoms with van der Waals surface area (Å²) in [6.07, 6.45) is 0.517. The maximum absolute atomic E-state index is 12.8. The smallest absolute Gasteiger partial charge is 0.260 e. The summed E-state index contributed by atoms with van der Waals surface area (Å²) >= 11 is 0. The van der Waals surface area contributed by atoms with E-state index in [1.165, 1.54) is 0 Å². The molecule has 1 aliphatic heterocycles. The molecule has 0 spiro atoms. The number of likely N-dealkylation sites (N-methyl/N-ethyl adjacent to an activating group) is 1. The van der Waals surface area contributed by atoms with Gasteiger partial charge < -0.3 is 4.74 Å². The van der Waals surface area contributed by atoms with Gasteiger partial charge in [-0.3, -0.25) is 4.90 Å². The second kappa shape index (κ2) is 3.66. The number of likely N-dealkylation sites (tertiary alicyclic amines) is 1. The van der Waals surface area contributed by atoms with Crippen molar-refractivity contribution >= 4 is 0 Å². The number of nitrogens with zero attached hydrogens (tertiary/aromatic N) is 1. The molecule has 0 saturated carbocycles. The molecule has 4 heteroatoms. The molecule has 0 bridgehead atoms. The molecular weight excluding hydrogens is 164 g/mol. The van der Waals surface area contributed by atoms with Gasteiger partial charge in [0.2, 0.25) is 0 Å². The van der Waals surface area contributed by atoms with Gasteiger partial charge in [-0.2, -0.15) is 0 Å². The van der Waals surface area contributed by atoms with Gasteiger partial charge in [-0.05, 0) is 13.5 Å². The number of ether oxygens (including phenoxy) is 1. The maximum Gasteiger partial charge on any atom is 0.260 e. The van der Waals surface area contributed by atoms with Gasteiger partial charge in [0, 0.05) is 19.6 Å². The van der Waals surface area contributed by atoms with Crippen molar-refractivity contribution in [3.05, 3.63) is 0 Å². The normalized spacial score (nSPS) is 30.5. The van der Waals surface area contributed by atoms with E-state index < -0.39 is 5.92 Å². The summed E-state index contributed by atoms with van der Waals surface area (Å²) in [4.78, 5) is 1.67. The molecule has 1 heterocycles. The molecule has 1 aliphatic rings. The number of piperidine rings is 1. The summed E-state index contributed by atoms with van der Waals surface area (Å²) in [6, 6.07) is 0.162. The number of alkyl halides is 2. The molecule has 0 amide bonds. The van der Waals surface area contributed by atoms with Crippen molar-refractivity contribution in [2.24, 2.45) is 0 Å². The third-order valence-electron chi connectivity index (χ3n) is 2.31. The Morgan fingerprint density at radius 2 is 2.25 bits per heavy atom. The molecule has 1 unspecified atom stereocenters. The SMILES string of the molecule is COCC1CCC(F)(F)CN1C. The van der Waals surface area contributed by atoms with Crippen LogP contribution in [0.1, 0.15) is 12.8 Å². The van der Waals surface area contributed by atoms with Crippen molar-refractivity contribution in [1.29, 1.82) is 0 Å². The summed E-state index contributed by atoms with van der Waals surface area (Å²) < 4.78 is 30.5. The lowest BCUT2D eigenvalue weighted by molar-refractivity contribution is -0.0841. The molecule has 0 aliphatic carbocycles. The molecule has 2 nitrogen and oxygen atoms in total. The molecule has 12 heavy (non-hydrogen) atoms. The Kier molecular flexibility index (Phi) is 3.01. The first-order valence-corrected chi connectivity index (χ1v) is 4.12. The quantitative estimate of drug-likeness (QED) is 0.634. The molecule has 1 saturated heterocycles. The molecule has 0 N–H and O–H groups in total. The lowest BCUT2D eigenvalue weighted by atomic mass is 10.0. The van der Waals surface area contributed by atoms with Gasteiger partial charge in [-0.1, -0.05) is 0 Å². The minimum Gasteiger partial charge on any atom is -0.383 e. The van der Waals surface area contributed by atoms with Gasteiger partial charge in [0.25, 0.3) is 5.92 Å². The van der Waals surface area contributed by atoms with Crippen molar-refractivity contribution in [1.82, 2.24) is 4.90 Å². The Hall–Kier alpha value is -0.220. The zero-order valence-electron chi connectivity index (χ0n) is 7.52. The van der Waals surface area contributed by atoms with Gasteiger partial charge in [0.15, 0.2) is 0 Å². The van der Waals surface area contributed by atoms with Gasteiger partial charge in [-0.15, -0.1) is 0 Å². The van der Waals surface area contributed by atoms with Crippen LogP contribution in [0.15, 0.2) is 0 Å². The molecule has 0 radical (unpaired) electrons. The van der Waals surface area contributed by atoms with Crippen LogP contribution in [0, 0.1) is 0 Å². The predicted octanol–water partition coefficient (Wildman–Crippen LogP) is 1.36. The molecular formula is C8H15F2NO. The Morgan fingerprint density at radius 1 is 1.58 bits per heavy atom. The number of methoxy groups -OCH3 is 1. The first-order valence-electron chi connectivity index (χ1n) is 4.12. The molecule has 1 fully saturated rings. The van der Waals surface area contributed by atoms with E-state index in [0.29, 0.717) is 13.0 Å². The second-order valence-electron chi connectivity index (χ2n) is 3.42. The highest BCUT2D eigenvalue weighted by Gasteiger charge is 2.37. The van der Waals surface area contributed by atoms with E-state index in [1.807, 2.05) is 0 Å². The molecule has 0 aromatic carbocycles. The van der Waals surface area contributed by atoms with Crippen molar-refractivity contribution in [2.45, 2.75) is 24.8 Å². The van der Waals surface area contributed by atoms with E-state index in [0.717, 1.165) is 0 Å². The van der Waals surface area contributed by atoms with Crippen LogP contribution in [0.3, 0.4) is 0 Å². The molecule has 1 rings (SSSR count). The Balaban J connectivity index is 2.42. The lowest BCUT2D eigenvalue weighted by Crippen LogP contribution is -2.48. The maximum atomic E-state index is 12.8. The molecule has 72 valence electrons. The van der Waals surface area contributed by atoms with Crippen LogP contribution in [0.25, 0.3) is 0 Å². The third kappa shape index (κ3) is 2.38. The van der Waals surface area contributed by atoms with Crippen molar-refractivity contribution in [3.63, 3.8) is 0 Å². The van der Waals surface area contributed by atoms with Crippen LogP contribution in [0.2, 0.25) is 0 Å². The van der Waals surface area contributed by atoms with E-state index in [2.05, 4.69) is 0 Å². The summed E-state index contributed by atoms with van der Waals surface area (Å²) in [6.45, 7) is 0.410. The van der Waals surface area contributed by atoms with Crippen LogP contribution in [0.5, 0.6) is 0 Å². The van der Waals surface area contributed by atoms with Crippen LogP contribution in [-0.4, -0.2) is 44.2 Å². The number of hydrogen-bond acceptors (Lipinski definition) is 2. The first kappa shape index (κ1) is 9.86. The van der Waals surface area contributed by atoms with Crippen LogP contribution < -0.4 is 0 Å². The van der Waals surface area contributed by atoms with Crippen LogP contribution in [0.4, 0.5) is 8.78 Å². The summed E-state index contributed by atoms with van der Waals surface area (Å²) in [5.41, 5.74) is 0. The molecule has 0 aromatic rings. The van der Waals surface area contributed by atoms with E-state index in [-0.39, 0.29) is 19.0 Å². The summed E-state index contributed by atoms with van der Waals surface area (Å²) in [5.74, 6) is -2.50. The fourth-order valence-corrected chi connectivity index (χ4v) is 1.57. The minimum atomic E-state index is -2.50. The van der Waals surface area contributed by atoms with Crippen molar-refractivity contribution in [3.8, 4) is 0 Å². The highest BCUT2D eigenvalue weighted by molar-refractivity contribution is 4.83. The van der Waals surface area contributed by atoms with Gasteiger partial charge in [-0.25, -0.2) is 8.78 Å². The molecule has 1 atom stereocenters. The van der Waals surface area contributed by atoms with Crippen molar-refractivity contribution in [2.75, 3.05) is 27.3 Å². The third-order valence-corrected chi connectivity index (χ3v) is 2.31. The summed E-state index contributed by atoms with van der Waals surface area (Å²) in [5, 5.41) is 0. The van der Waals surface area contributed by atoms with Crippen LogP contribution >= 0.6 is 0 Å².